The maximum Gasteiger partial charge on any atom is 0.253 e. The average molecular weight is 290 g/mol. The number of hydrogen-bond donors (Lipinski definition) is 1. The molecule has 0 radical (unpaired) electrons. The molecule has 1 aliphatic rings. The van der Waals surface area contributed by atoms with Crippen molar-refractivity contribution in [3.8, 4) is 5.75 Å². The van der Waals surface area contributed by atoms with Crippen molar-refractivity contribution >= 4 is 17.5 Å². The van der Waals surface area contributed by atoms with E-state index in [4.69, 9.17) is 4.74 Å². The fraction of sp³-hybridized carbons (Fsp3) is 0.500. The smallest absolute Gasteiger partial charge is 0.253 e. The lowest BCUT2D eigenvalue weighted by molar-refractivity contribution is -0.114. The van der Waals surface area contributed by atoms with Gasteiger partial charge in [0.2, 0.25) is 5.91 Å². The van der Waals surface area contributed by atoms with Crippen LogP contribution in [0.15, 0.2) is 18.2 Å². The number of amides is 2. The third-order valence-corrected chi connectivity index (χ3v) is 3.65. The quantitative estimate of drug-likeness (QED) is 0.931. The Labute approximate surface area is 125 Å². The lowest BCUT2D eigenvalue weighted by Crippen LogP contribution is -2.31. The van der Waals surface area contributed by atoms with Gasteiger partial charge in [0.25, 0.3) is 5.91 Å². The molecule has 1 saturated heterocycles. The van der Waals surface area contributed by atoms with Crippen LogP contribution in [0.25, 0.3) is 0 Å². The van der Waals surface area contributed by atoms with E-state index in [-0.39, 0.29) is 11.8 Å². The fourth-order valence-corrected chi connectivity index (χ4v) is 2.58. The molecule has 2 rings (SSSR count). The minimum Gasteiger partial charge on any atom is -0.495 e. The van der Waals surface area contributed by atoms with Gasteiger partial charge in [-0.05, 0) is 31.0 Å². The van der Waals surface area contributed by atoms with Gasteiger partial charge in [0.05, 0.1) is 12.8 Å². The minimum absolute atomic E-state index is 0.0196. The number of nitrogens with zero attached hydrogens (tertiary/aromatic N) is 1. The average Bonchev–Trinajstić information content (AvgIpc) is 2.75. The van der Waals surface area contributed by atoms with Gasteiger partial charge in [-0.3, -0.25) is 9.59 Å². The molecule has 1 aliphatic heterocycles. The largest absolute Gasteiger partial charge is 0.495 e. The fourth-order valence-electron chi connectivity index (χ4n) is 2.58. The summed E-state index contributed by atoms with van der Waals surface area (Å²) in [5, 5.41) is 2.70. The molecule has 0 spiro atoms. The second kappa shape index (κ2) is 7.11. The summed E-state index contributed by atoms with van der Waals surface area (Å²) in [5.41, 5.74) is 1.12. The van der Waals surface area contributed by atoms with Crippen LogP contribution in [0.3, 0.4) is 0 Å². The predicted octanol–water partition coefficient (Wildman–Crippen LogP) is 2.67. The number of rotatable bonds is 3. The third-order valence-electron chi connectivity index (χ3n) is 3.65. The SMILES string of the molecule is COc1ccc(C(=O)N2CCCCCC2)cc1NC(C)=O. The van der Waals surface area contributed by atoms with Crippen molar-refractivity contribution in [2.45, 2.75) is 32.6 Å². The van der Waals surface area contributed by atoms with E-state index in [2.05, 4.69) is 5.32 Å². The number of carbonyl (C=O) groups excluding carboxylic acids is 2. The lowest BCUT2D eigenvalue weighted by atomic mass is 10.1. The van der Waals surface area contributed by atoms with Crippen LogP contribution in [-0.2, 0) is 4.79 Å². The Bertz CT molecular complexity index is 520. The predicted molar refractivity (Wildman–Crippen MR) is 81.7 cm³/mol. The number of anilines is 1. The summed E-state index contributed by atoms with van der Waals surface area (Å²) in [7, 11) is 1.54. The molecule has 1 heterocycles. The maximum atomic E-state index is 12.6. The summed E-state index contributed by atoms with van der Waals surface area (Å²) >= 11 is 0. The molecule has 5 nitrogen and oxygen atoms in total. The molecule has 5 heteroatoms. The number of carbonyl (C=O) groups is 2. The Morgan fingerprint density at radius 3 is 2.38 bits per heavy atom. The molecule has 1 fully saturated rings. The van der Waals surface area contributed by atoms with Crippen molar-refractivity contribution < 1.29 is 14.3 Å². The van der Waals surface area contributed by atoms with E-state index in [9.17, 15) is 9.59 Å². The Hall–Kier alpha value is -2.04. The van der Waals surface area contributed by atoms with Crippen LogP contribution < -0.4 is 10.1 Å². The van der Waals surface area contributed by atoms with Crippen molar-refractivity contribution in [3.05, 3.63) is 23.8 Å². The standard InChI is InChI=1S/C16H22N2O3/c1-12(19)17-14-11-13(7-8-15(14)21-2)16(20)18-9-5-3-4-6-10-18/h7-8,11H,3-6,9-10H2,1-2H3,(H,17,19). The van der Waals surface area contributed by atoms with Crippen LogP contribution >= 0.6 is 0 Å². The van der Waals surface area contributed by atoms with Crippen LogP contribution in [0.4, 0.5) is 5.69 Å². The van der Waals surface area contributed by atoms with Crippen LogP contribution in [0.1, 0.15) is 43.0 Å². The first-order chi connectivity index (χ1) is 10.1. The first-order valence-electron chi connectivity index (χ1n) is 7.36. The van der Waals surface area contributed by atoms with Crippen LogP contribution in [0, 0.1) is 0 Å². The summed E-state index contributed by atoms with van der Waals surface area (Å²) in [6.45, 7) is 3.05. The lowest BCUT2D eigenvalue weighted by Gasteiger charge is -2.21. The highest BCUT2D eigenvalue weighted by atomic mass is 16.5. The number of ether oxygens (including phenoxy) is 1. The van der Waals surface area contributed by atoms with Gasteiger partial charge in [-0.1, -0.05) is 12.8 Å². The highest BCUT2D eigenvalue weighted by Gasteiger charge is 2.18. The van der Waals surface area contributed by atoms with E-state index in [1.165, 1.54) is 26.9 Å². The molecule has 0 saturated carbocycles. The van der Waals surface area contributed by atoms with Crippen LogP contribution in [0.2, 0.25) is 0 Å². The Morgan fingerprint density at radius 2 is 1.81 bits per heavy atom. The Balaban J connectivity index is 2.21. The molecule has 1 N–H and O–H groups in total. The van der Waals surface area contributed by atoms with Gasteiger partial charge in [-0.25, -0.2) is 0 Å². The zero-order valence-corrected chi connectivity index (χ0v) is 12.6. The van der Waals surface area contributed by atoms with E-state index in [1.54, 1.807) is 18.2 Å². The molecule has 0 aromatic heterocycles. The van der Waals surface area contributed by atoms with Gasteiger partial charge in [0.15, 0.2) is 0 Å². The molecule has 21 heavy (non-hydrogen) atoms. The van der Waals surface area contributed by atoms with Gasteiger partial charge >= 0.3 is 0 Å². The number of likely N-dealkylation sites (tertiary alicyclic amines) is 1. The zero-order chi connectivity index (χ0) is 15.2. The van der Waals surface area contributed by atoms with Gasteiger partial charge in [0.1, 0.15) is 5.75 Å². The molecular weight excluding hydrogens is 268 g/mol. The van der Waals surface area contributed by atoms with E-state index in [0.29, 0.717) is 17.0 Å². The molecule has 0 atom stereocenters. The van der Waals surface area contributed by atoms with Crippen molar-refractivity contribution in [1.29, 1.82) is 0 Å². The van der Waals surface area contributed by atoms with Gasteiger partial charge in [-0.2, -0.15) is 0 Å². The number of methoxy groups -OCH3 is 1. The second-order valence-electron chi connectivity index (χ2n) is 5.30. The second-order valence-corrected chi connectivity index (χ2v) is 5.30. The molecule has 0 unspecified atom stereocenters. The number of benzene rings is 1. The monoisotopic (exact) mass is 290 g/mol. The summed E-state index contributed by atoms with van der Waals surface area (Å²) in [6, 6.07) is 5.15. The van der Waals surface area contributed by atoms with Gasteiger partial charge < -0.3 is 15.0 Å². The van der Waals surface area contributed by atoms with Crippen LogP contribution in [-0.4, -0.2) is 36.9 Å². The van der Waals surface area contributed by atoms with E-state index in [1.807, 2.05) is 4.90 Å². The molecule has 1 aromatic rings. The molecule has 0 bridgehead atoms. The third kappa shape index (κ3) is 3.97. The number of hydrogen-bond acceptors (Lipinski definition) is 3. The molecule has 0 aliphatic carbocycles. The van der Waals surface area contributed by atoms with E-state index < -0.39 is 0 Å². The van der Waals surface area contributed by atoms with E-state index >= 15 is 0 Å². The van der Waals surface area contributed by atoms with E-state index in [0.717, 1.165) is 25.9 Å². The molecule has 114 valence electrons. The first kappa shape index (κ1) is 15.4. The Morgan fingerprint density at radius 1 is 1.14 bits per heavy atom. The first-order valence-corrected chi connectivity index (χ1v) is 7.36. The minimum atomic E-state index is -0.187. The van der Waals surface area contributed by atoms with Crippen molar-refractivity contribution in [1.82, 2.24) is 4.90 Å². The summed E-state index contributed by atoms with van der Waals surface area (Å²) < 4.78 is 5.21. The highest BCUT2D eigenvalue weighted by Crippen LogP contribution is 2.26. The normalized spacial score (nSPS) is 15.2. The zero-order valence-electron chi connectivity index (χ0n) is 12.6. The highest BCUT2D eigenvalue weighted by molar-refractivity contribution is 5.98. The van der Waals surface area contributed by atoms with Gasteiger partial charge in [0, 0.05) is 25.6 Å². The van der Waals surface area contributed by atoms with Crippen molar-refractivity contribution in [3.63, 3.8) is 0 Å². The molecule has 1 aromatic carbocycles. The topological polar surface area (TPSA) is 58.6 Å². The van der Waals surface area contributed by atoms with Crippen molar-refractivity contribution in [2.75, 3.05) is 25.5 Å². The summed E-state index contributed by atoms with van der Waals surface area (Å²) in [6.07, 6.45) is 4.48. The van der Waals surface area contributed by atoms with Crippen molar-refractivity contribution in [2.24, 2.45) is 0 Å². The van der Waals surface area contributed by atoms with Crippen LogP contribution in [0.5, 0.6) is 5.75 Å². The summed E-state index contributed by atoms with van der Waals surface area (Å²) in [5.74, 6) is 0.386. The van der Waals surface area contributed by atoms with Gasteiger partial charge in [-0.15, -0.1) is 0 Å². The molecular formula is C16H22N2O3. The molecule has 2 amide bonds. The number of nitrogens with one attached hydrogen (secondary N) is 1. The summed E-state index contributed by atoms with van der Waals surface area (Å²) in [4.78, 5) is 25.7. The maximum absolute atomic E-state index is 12.6. The Kier molecular flexibility index (Phi) is 5.20.